The number of fused-ring (bicyclic) bond motifs is 5. The summed E-state index contributed by atoms with van der Waals surface area (Å²) in [5.41, 5.74) is 0.796. The lowest BCUT2D eigenvalue weighted by atomic mass is 9.47. The minimum atomic E-state index is -0.492. The summed E-state index contributed by atoms with van der Waals surface area (Å²) in [6.45, 7) is 4.42. The lowest BCUT2D eigenvalue weighted by Gasteiger charge is -2.58. The molecule has 0 amide bonds. The van der Waals surface area contributed by atoms with Crippen LogP contribution in [0.2, 0.25) is 0 Å². The lowest BCUT2D eigenvalue weighted by molar-refractivity contribution is -0.134. The maximum Gasteiger partial charge on any atom is 0.155 e. The SMILES string of the molecule is C[C@]12CCC(=O)C=C1C(O)C[C@@H]1C2CC[C@]2(C)C(=O)CC[C@@H]12. The molecule has 3 nitrogen and oxygen atoms in total. The van der Waals surface area contributed by atoms with E-state index in [0.29, 0.717) is 30.0 Å². The van der Waals surface area contributed by atoms with Crippen LogP contribution in [0.25, 0.3) is 0 Å². The summed E-state index contributed by atoms with van der Waals surface area (Å²) in [6, 6.07) is 0. The van der Waals surface area contributed by atoms with Crippen molar-refractivity contribution in [2.75, 3.05) is 0 Å². The molecule has 0 heterocycles. The van der Waals surface area contributed by atoms with Gasteiger partial charge >= 0.3 is 0 Å². The van der Waals surface area contributed by atoms with Crippen LogP contribution in [0.1, 0.15) is 58.8 Å². The molecule has 0 aliphatic heterocycles. The van der Waals surface area contributed by atoms with Crippen molar-refractivity contribution in [2.24, 2.45) is 28.6 Å². The number of rotatable bonds is 0. The molecule has 4 aliphatic carbocycles. The second-order valence-corrected chi connectivity index (χ2v) is 8.53. The first-order chi connectivity index (χ1) is 10.4. The van der Waals surface area contributed by atoms with E-state index >= 15 is 0 Å². The molecule has 4 rings (SSSR count). The highest BCUT2D eigenvalue weighted by Gasteiger charge is 2.60. The fourth-order valence-electron chi connectivity index (χ4n) is 6.38. The molecule has 0 aromatic rings. The summed E-state index contributed by atoms with van der Waals surface area (Å²) in [7, 11) is 0. The predicted octanol–water partition coefficient (Wildman–Crippen LogP) is 3.06. The first kappa shape index (κ1) is 14.6. The summed E-state index contributed by atoms with van der Waals surface area (Å²) in [5.74, 6) is 2.01. The van der Waals surface area contributed by atoms with Crippen LogP contribution in [0.4, 0.5) is 0 Å². The molecule has 6 atom stereocenters. The second kappa shape index (κ2) is 4.53. The van der Waals surface area contributed by atoms with Gasteiger partial charge in [-0.1, -0.05) is 13.8 Å². The number of carbonyl (C=O) groups is 2. The lowest BCUT2D eigenvalue weighted by Crippen LogP contribution is -2.54. The Bertz CT molecular complexity index is 577. The molecule has 3 fully saturated rings. The van der Waals surface area contributed by atoms with Gasteiger partial charge in [0, 0.05) is 18.3 Å². The smallest absolute Gasteiger partial charge is 0.155 e. The van der Waals surface area contributed by atoms with Gasteiger partial charge in [0.2, 0.25) is 0 Å². The zero-order chi connectivity index (χ0) is 15.7. The number of hydrogen-bond acceptors (Lipinski definition) is 3. The van der Waals surface area contributed by atoms with E-state index in [0.717, 1.165) is 44.1 Å². The molecule has 4 aliphatic rings. The number of aliphatic hydroxyl groups excluding tert-OH is 1. The number of Topliss-reactive ketones (excluding diaryl/α,β-unsaturated/α-hetero) is 1. The number of hydrogen-bond donors (Lipinski definition) is 1. The molecule has 0 radical (unpaired) electrons. The summed E-state index contributed by atoms with van der Waals surface area (Å²) in [5, 5.41) is 10.7. The average molecular weight is 302 g/mol. The molecule has 3 heteroatoms. The van der Waals surface area contributed by atoms with Crippen LogP contribution < -0.4 is 0 Å². The van der Waals surface area contributed by atoms with Crippen LogP contribution in [-0.4, -0.2) is 22.8 Å². The fourth-order valence-corrected chi connectivity index (χ4v) is 6.38. The van der Waals surface area contributed by atoms with Crippen molar-refractivity contribution in [3.63, 3.8) is 0 Å². The zero-order valence-electron chi connectivity index (χ0n) is 13.6. The Morgan fingerprint density at radius 3 is 2.55 bits per heavy atom. The second-order valence-electron chi connectivity index (χ2n) is 8.53. The first-order valence-corrected chi connectivity index (χ1v) is 8.82. The summed E-state index contributed by atoms with van der Waals surface area (Å²) >= 11 is 0. The Kier molecular flexibility index (Phi) is 3.01. The molecular weight excluding hydrogens is 276 g/mol. The van der Waals surface area contributed by atoms with Crippen molar-refractivity contribution in [3.8, 4) is 0 Å². The van der Waals surface area contributed by atoms with Gasteiger partial charge < -0.3 is 5.11 Å². The highest BCUT2D eigenvalue weighted by atomic mass is 16.3. The minimum absolute atomic E-state index is 0.0385. The van der Waals surface area contributed by atoms with Crippen molar-refractivity contribution in [1.29, 1.82) is 0 Å². The normalized spacial score (nSPS) is 51.0. The van der Waals surface area contributed by atoms with E-state index in [1.54, 1.807) is 6.08 Å². The number of aliphatic hydroxyl groups is 1. The molecule has 3 saturated carbocycles. The third-order valence-corrected chi connectivity index (χ3v) is 7.69. The number of ketones is 2. The maximum atomic E-state index is 12.4. The van der Waals surface area contributed by atoms with Crippen molar-refractivity contribution >= 4 is 11.6 Å². The van der Waals surface area contributed by atoms with E-state index in [4.69, 9.17) is 0 Å². The van der Waals surface area contributed by atoms with Crippen molar-refractivity contribution in [1.82, 2.24) is 0 Å². The molecule has 120 valence electrons. The van der Waals surface area contributed by atoms with Crippen LogP contribution in [0.5, 0.6) is 0 Å². The molecule has 0 aromatic heterocycles. The van der Waals surface area contributed by atoms with Crippen molar-refractivity contribution < 1.29 is 14.7 Å². The van der Waals surface area contributed by atoms with Crippen LogP contribution in [0, 0.1) is 28.6 Å². The highest BCUT2D eigenvalue weighted by molar-refractivity contribution is 5.92. The van der Waals surface area contributed by atoms with Crippen LogP contribution >= 0.6 is 0 Å². The van der Waals surface area contributed by atoms with Gasteiger partial charge in [-0.3, -0.25) is 9.59 Å². The zero-order valence-corrected chi connectivity index (χ0v) is 13.6. The topological polar surface area (TPSA) is 54.4 Å². The van der Waals surface area contributed by atoms with Gasteiger partial charge in [-0.2, -0.15) is 0 Å². The molecule has 0 spiro atoms. The van der Waals surface area contributed by atoms with Gasteiger partial charge in [0.25, 0.3) is 0 Å². The van der Waals surface area contributed by atoms with Crippen LogP contribution in [-0.2, 0) is 9.59 Å². The highest BCUT2D eigenvalue weighted by Crippen LogP contribution is 2.64. The Morgan fingerprint density at radius 1 is 1.05 bits per heavy atom. The molecule has 0 bridgehead atoms. The standard InChI is InChI=1S/C19H26O3/c1-18-7-5-11(20)9-15(18)16(21)10-12-13-3-4-17(22)19(13,2)8-6-14(12)18/h9,12-14,16,21H,3-8,10H2,1-2H3/t12-,13-,14?,16?,18+,19-/m0/s1. The van der Waals surface area contributed by atoms with Gasteiger partial charge in [-0.25, -0.2) is 0 Å². The van der Waals surface area contributed by atoms with Crippen molar-refractivity contribution in [3.05, 3.63) is 11.6 Å². The van der Waals surface area contributed by atoms with E-state index in [9.17, 15) is 14.7 Å². The fraction of sp³-hybridized carbons (Fsp3) is 0.789. The molecular formula is C19H26O3. The molecule has 0 saturated heterocycles. The Hall–Kier alpha value is -0.960. The first-order valence-electron chi connectivity index (χ1n) is 8.82. The molecule has 2 unspecified atom stereocenters. The van der Waals surface area contributed by atoms with Gasteiger partial charge in [0.1, 0.15) is 5.78 Å². The number of carbonyl (C=O) groups excluding carboxylic acids is 2. The summed E-state index contributed by atoms with van der Waals surface area (Å²) in [4.78, 5) is 24.2. The summed E-state index contributed by atoms with van der Waals surface area (Å²) < 4.78 is 0. The molecule has 1 N–H and O–H groups in total. The third kappa shape index (κ3) is 1.72. The van der Waals surface area contributed by atoms with Crippen LogP contribution in [0.15, 0.2) is 11.6 Å². The van der Waals surface area contributed by atoms with Gasteiger partial charge in [-0.15, -0.1) is 0 Å². The van der Waals surface area contributed by atoms with E-state index in [1.165, 1.54) is 0 Å². The van der Waals surface area contributed by atoms with Gasteiger partial charge in [0.05, 0.1) is 6.10 Å². The van der Waals surface area contributed by atoms with Gasteiger partial charge in [-0.05, 0) is 66.9 Å². The Balaban J connectivity index is 1.74. The summed E-state index contributed by atoms with van der Waals surface area (Å²) in [6.07, 6.45) is 7.24. The Labute approximate surface area is 132 Å². The third-order valence-electron chi connectivity index (χ3n) is 7.69. The van der Waals surface area contributed by atoms with E-state index in [2.05, 4.69) is 13.8 Å². The predicted molar refractivity (Wildman–Crippen MR) is 83.1 cm³/mol. The Morgan fingerprint density at radius 2 is 1.77 bits per heavy atom. The van der Waals surface area contributed by atoms with Crippen molar-refractivity contribution in [2.45, 2.75) is 64.9 Å². The maximum absolute atomic E-state index is 12.4. The quantitative estimate of drug-likeness (QED) is 0.748. The average Bonchev–Trinajstić information content (AvgIpc) is 2.77. The van der Waals surface area contributed by atoms with E-state index in [1.807, 2.05) is 0 Å². The van der Waals surface area contributed by atoms with Crippen LogP contribution in [0.3, 0.4) is 0 Å². The van der Waals surface area contributed by atoms with E-state index in [-0.39, 0.29) is 16.6 Å². The van der Waals surface area contributed by atoms with Gasteiger partial charge in [0.15, 0.2) is 5.78 Å². The van der Waals surface area contributed by atoms with E-state index < -0.39 is 6.10 Å². The largest absolute Gasteiger partial charge is 0.389 e. The molecule has 22 heavy (non-hydrogen) atoms. The monoisotopic (exact) mass is 302 g/mol. The molecule has 0 aromatic carbocycles. The minimum Gasteiger partial charge on any atom is -0.389 e.